The molecule has 0 radical (unpaired) electrons. The van der Waals surface area contributed by atoms with Gasteiger partial charge in [-0.15, -0.1) is 0 Å². The van der Waals surface area contributed by atoms with Gasteiger partial charge in [0.15, 0.2) is 5.82 Å². The Bertz CT molecular complexity index is 581. The van der Waals surface area contributed by atoms with Crippen LogP contribution in [0.2, 0.25) is 0 Å². The molecule has 1 aromatic carbocycles. The van der Waals surface area contributed by atoms with Crippen LogP contribution in [0, 0.1) is 6.92 Å². The third kappa shape index (κ3) is 3.84. The van der Waals surface area contributed by atoms with E-state index in [0.717, 1.165) is 10.7 Å². The van der Waals surface area contributed by atoms with Gasteiger partial charge in [0.2, 0.25) is 5.13 Å². The summed E-state index contributed by atoms with van der Waals surface area (Å²) in [4.78, 5) is 6.26. The van der Waals surface area contributed by atoms with E-state index in [1.807, 2.05) is 50.2 Å². The largest absolute Gasteiger partial charge is 0.353 e. The molecule has 1 aromatic heterocycles. The van der Waals surface area contributed by atoms with E-state index in [4.69, 9.17) is 0 Å². The van der Waals surface area contributed by atoms with Crippen LogP contribution in [0.3, 0.4) is 0 Å². The van der Waals surface area contributed by atoms with E-state index >= 15 is 0 Å². The second kappa shape index (κ2) is 6.25. The molecule has 0 saturated heterocycles. The Balaban J connectivity index is 1.99. The maximum atomic E-state index is 12.1. The number of hydrogen-bond donors (Lipinski definition) is 0. The number of anilines is 1. The highest BCUT2D eigenvalue weighted by molar-refractivity contribution is 7.83. The standard InChI is InChI=1S/C13H17N3OS2/c1-10-6-4-5-7-11(10)8-19(17)9-12-14-13(16(2)3)18-15-12/h4-7H,8-9H2,1-3H3. The van der Waals surface area contributed by atoms with E-state index in [2.05, 4.69) is 9.36 Å². The van der Waals surface area contributed by atoms with Gasteiger partial charge < -0.3 is 4.90 Å². The smallest absolute Gasteiger partial charge is 0.204 e. The molecule has 6 heteroatoms. The number of aromatic nitrogens is 2. The van der Waals surface area contributed by atoms with Crippen LogP contribution in [0.4, 0.5) is 5.13 Å². The first kappa shape index (κ1) is 14.1. The molecule has 4 nitrogen and oxygen atoms in total. The molecule has 0 saturated carbocycles. The molecule has 1 heterocycles. The van der Waals surface area contributed by atoms with Crippen LogP contribution in [0.5, 0.6) is 0 Å². The van der Waals surface area contributed by atoms with Crippen molar-refractivity contribution in [2.24, 2.45) is 0 Å². The molecule has 0 aliphatic heterocycles. The lowest BCUT2D eigenvalue weighted by atomic mass is 10.1. The number of rotatable bonds is 5. The number of benzene rings is 1. The SMILES string of the molecule is Cc1ccccc1CS(=O)Cc1nsc(N(C)C)n1. The zero-order chi connectivity index (χ0) is 13.8. The van der Waals surface area contributed by atoms with E-state index < -0.39 is 10.8 Å². The van der Waals surface area contributed by atoms with Gasteiger partial charge in [-0.05, 0) is 18.1 Å². The summed E-state index contributed by atoms with van der Waals surface area (Å²) in [5.74, 6) is 1.64. The average molecular weight is 295 g/mol. The topological polar surface area (TPSA) is 46.1 Å². The molecule has 0 N–H and O–H groups in total. The lowest BCUT2D eigenvalue weighted by molar-refractivity contribution is 0.681. The fourth-order valence-corrected chi connectivity index (χ4v) is 3.50. The molecule has 102 valence electrons. The van der Waals surface area contributed by atoms with Crippen LogP contribution < -0.4 is 4.90 Å². The molecule has 0 spiro atoms. The summed E-state index contributed by atoms with van der Waals surface area (Å²) in [6, 6.07) is 8.03. The zero-order valence-electron chi connectivity index (χ0n) is 11.3. The van der Waals surface area contributed by atoms with Crippen molar-refractivity contribution in [3.63, 3.8) is 0 Å². The third-order valence-corrected chi connectivity index (χ3v) is 4.84. The van der Waals surface area contributed by atoms with Gasteiger partial charge in [0.1, 0.15) is 0 Å². The van der Waals surface area contributed by atoms with Crippen molar-refractivity contribution in [3.8, 4) is 0 Å². The van der Waals surface area contributed by atoms with Crippen LogP contribution in [-0.4, -0.2) is 27.7 Å². The Morgan fingerprint density at radius 2 is 2.00 bits per heavy atom. The lowest BCUT2D eigenvalue weighted by Crippen LogP contribution is -2.08. The minimum atomic E-state index is -0.969. The van der Waals surface area contributed by atoms with Crippen LogP contribution in [-0.2, 0) is 22.3 Å². The van der Waals surface area contributed by atoms with Crippen molar-refractivity contribution < 1.29 is 4.21 Å². The van der Waals surface area contributed by atoms with Crippen LogP contribution in [0.15, 0.2) is 24.3 Å². The summed E-state index contributed by atoms with van der Waals surface area (Å²) in [5.41, 5.74) is 2.31. The second-order valence-electron chi connectivity index (χ2n) is 4.54. The van der Waals surface area contributed by atoms with Crippen LogP contribution >= 0.6 is 11.5 Å². The van der Waals surface area contributed by atoms with Crippen molar-refractivity contribution in [2.45, 2.75) is 18.4 Å². The molecule has 19 heavy (non-hydrogen) atoms. The molecule has 0 fully saturated rings. The van der Waals surface area contributed by atoms with Crippen molar-refractivity contribution in [1.29, 1.82) is 0 Å². The lowest BCUT2D eigenvalue weighted by Gasteiger charge is -2.05. The number of aryl methyl sites for hydroxylation is 1. The second-order valence-corrected chi connectivity index (χ2v) is 6.73. The summed E-state index contributed by atoms with van der Waals surface area (Å²) in [6.07, 6.45) is 0. The summed E-state index contributed by atoms with van der Waals surface area (Å²) in [5, 5.41) is 0.850. The van der Waals surface area contributed by atoms with Gasteiger partial charge in [0, 0.05) is 42.2 Å². The fraction of sp³-hybridized carbons (Fsp3) is 0.385. The highest BCUT2D eigenvalue weighted by Gasteiger charge is 2.10. The van der Waals surface area contributed by atoms with Crippen molar-refractivity contribution in [3.05, 3.63) is 41.2 Å². The third-order valence-electron chi connectivity index (χ3n) is 2.71. The molecular formula is C13H17N3OS2. The Morgan fingerprint density at radius 3 is 2.63 bits per heavy atom. The normalized spacial score (nSPS) is 12.4. The average Bonchev–Trinajstić information content (AvgIpc) is 2.80. The first-order valence-electron chi connectivity index (χ1n) is 5.95. The number of hydrogen-bond acceptors (Lipinski definition) is 5. The van der Waals surface area contributed by atoms with Gasteiger partial charge in [-0.3, -0.25) is 4.21 Å². The Hall–Kier alpha value is -1.27. The first-order chi connectivity index (χ1) is 9.06. The molecule has 1 unspecified atom stereocenters. The predicted molar refractivity (Wildman–Crippen MR) is 81.0 cm³/mol. The van der Waals surface area contributed by atoms with E-state index in [1.54, 1.807) is 0 Å². The number of nitrogens with zero attached hydrogens (tertiary/aromatic N) is 3. The Labute approximate surface area is 120 Å². The highest BCUT2D eigenvalue weighted by Crippen LogP contribution is 2.16. The van der Waals surface area contributed by atoms with Gasteiger partial charge in [-0.2, -0.15) is 4.37 Å². The predicted octanol–water partition coefficient (Wildman–Crippen LogP) is 2.36. The molecule has 0 amide bonds. The van der Waals surface area contributed by atoms with Crippen LogP contribution in [0.25, 0.3) is 0 Å². The van der Waals surface area contributed by atoms with Crippen molar-refractivity contribution in [1.82, 2.24) is 9.36 Å². The van der Waals surface area contributed by atoms with Gasteiger partial charge in [-0.25, -0.2) is 4.98 Å². The molecular weight excluding hydrogens is 278 g/mol. The maximum Gasteiger partial charge on any atom is 0.204 e. The minimum absolute atomic E-state index is 0.415. The molecule has 2 aromatic rings. The molecule has 2 rings (SSSR count). The molecule has 0 bridgehead atoms. The zero-order valence-corrected chi connectivity index (χ0v) is 12.9. The van der Waals surface area contributed by atoms with Gasteiger partial charge in [0.25, 0.3) is 0 Å². The quantitative estimate of drug-likeness (QED) is 0.849. The fourth-order valence-electron chi connectivity index (χ4n) is 1.63. The monoisotopic (exact) mass is 295 g/mol. The maximum absolute atomic E-state index is 12.1. The summed E-state index contributed by atoms with van der Waals surface area (Å²) < 4.78 is 16.4. The Morgan fingerprint density at radius 1 is 1.26 bits per heavy atom. The van der Waals surface area contributed by atoms with E-state index in [1.165, 1.54) is 17.1 Å². The van der Waals surface area contributed by atoms with E-state index in [-0.39, 0.29) is 0 Å². The minimum Gasteiger partial charge on any atom is -0.353 e. The van der Waals surface area contributed by atoms with E-state index in [0.29, 0.717) is 17.3 Å². The molecule has 0 aliphatic carbocycles. The van der Waals surface area contributed by atoms with Gasteiger partial charge >= 0.3 is 0 Å². The van der Waals surface area contributed by atoms with E-state index in [9.17, 15) is 4.21 Å². The molecule has 0 aliphatic rings. The summed E-state index contributed by atoms with van der Waals surface area (Å²) in [6.45, 7) is 2.04. The van der Waals surface area contributed by atoms with Crippen molar-refractivity contribution in [2.75, 3.05) is 19.0 Å². The Kier molecular flexibility index (Phi) is 4.66. The highest BCUT2D eigenvalue weighted by atomic mass is 32.2. The van der Waals surface area contributed by atoms with Gasteiger partial charge in [0.05, 0.1) is 5.75 Å². The van der Waals surface area contributed by atoms with Crippen LogP contribution in [0.1, 0.15) is 17.0 Å². The van der Waals surface area contributed by atoms with Crippen molar-refractivity contribution >= 4 is 27.5 Å². The summed E-state index contributed by atoms with van der Waals surface area (Å²) >= 11 is 1.34. The summed E-state index contributed by atoms with van der Waals surface area (Å²) in [7, 11) is 2.88. The first-order valence-corrected chi connectivity index (χ1v) is 8.22. The van der Waals surface area contributed by atoms with Gasteiger partial charge in [-0.1, -0.05) is 24.3 Å². The molecule has 1 atom stereocenters.